The van der Waals surface area contributed by atoms with Crippen LogP contribution in [0.3, 0.4) is 0 Å². The van der Waals surface area contributed by atoms with E-state index in [1.165, 1.54) is 0 Å². The maximum absolute atomic E-state index is 5.91. The van der Waals surface area contributed by atoms with Gasteiger partial charge in [-0.1, -0.05) is 41.4 Å². The Balaban J connectivity index is 2.50. The molecule has 2 aromatic carbocycles. The molecule has 0 fully saturated rings. The molecule has 0 bridgehead atoms. The lowest BCUT2D eigenvalue weighted by Crippen LogP contribution is -1.87. The summed E-state index contributed by atoms with van der Waals surface area (Å²) in [7, 11) is 0. The van der Waals surface area contributed by atoms with Crippen molar-refractivity contribution in [3.63, 3.8) is 0 Å². The van der Waals surface area contributed by atoms with Gasteiger partial charge in [-0.15, -0.1) is 0 Å². The average molecular weight is 238 g/mol. The number of benzene rings is 2. The third kappa shape index (κ3) is 2.25. The van der Waals surface area contributed by atoms with Crippen molar-refractivity contribution in [2.24, 2.45) is 0 Å². The van der Waals surface area contributed by atoms with Gasteiger partial charge in [-0.25, -0.2) is 0 Å². The van der Waals surface area contributed by atoms with E-state index in [4.69, 9.17) is 28.9 Å². The van der Waals surface area contributed by atoms with Crippen molar-refractivity contribution in [3.8, 4) is 11.1 Å². The Hall–Kier alpha value is -1.18. The highest BCUT2D eigenvalue weighted by atomic mass is 35.5. The first kappa shape index (κ1) is 10.3. The smallest absolute Gasteiger partial charge is 0.0635 e. The second-order valence-corrected chi connectivity index (χ2v) is 4.09. The fourth-order valence-electron chi connectivity index (χ4n) is 1.39. The van der Waals surface area contributed by atoms with Crippen LogP contribution in [0.5, 0.6) is 0 Å². The molecule has 76 valence electrons. The molecule has 0 saturated heterocycles. The Kier molecular flexibility index (Phi) is 2.85. The molecule has 0 saturated carbocycles. The quantitative estimate of drug-likeness (QED) is 0.738. The van der Waals surface area contributed by atoms with Gasteiger partial charge in [0.15, 0.2) is 0 Å². The van der Waals surface area contributed by atoms with Crippen LogP contribution >= 0.6 is 23.2 Å². The topological polar surface area (TPSA) is 26.0 Å². The SMILES string of the molecule is Nc1cc(-c2cccc(Cl)c2)ccc1Cl. The Morgan fingerprint density at radius 3 is 2.27 bits per heavy atom. The second kappa shape index (κ2) is 4.13. The molecule has 0 spiro atoms. The first-order valence-corrected chi connectivity index (χ1v) is 5.23. The molecule has 3 heteroatoms. The molecular formula is C12H9Cl2N. The number of hydrogen-bond acceptors (Lipinski definition) is 1. The van der Waals surface area contributed by atoms with E-state index in [9.17, 15) is 0 Å². The lowest BCUT2D eigenvalue weighted by Gasteiger charge is -2.04. The molecular weight excluding hydrogens is 229 g/mol. The minimum absolute atomic E-state index is 0.570. The molecule has 2 aromatic rings. The van der Waals surface area contributed by atoms with Crippen molar-refractivity contribution in [2.75, 3.05) is 5.73 Å². The van der Waals surface area contributed by atoms with Gasteiger partial charge in [0.1, 0.15) is 0 Å². The van der Waals surface area contributed by atoms with Gasteiger partial charge in [0.25, 0.3) is 0 Å². The summed E-state index contributed by atoms with van der Waals surface area (Å²) in [5, 5.41) is 1.28. The summed E-state index contributed by atoms with van der Waals surface area (Å²) in [5.41, 5.74) is 8.36. The van der Waals surface area contributed by atoms with E-state index in [2.05, 4.69) is 0 Å². The average Bonchev–Trinajstić information content (AvgIpc) is 2.22. The van der Waals surface area contributed by atoms with E-state index in [0.29, 0.717) is 15.7 Å². The summed E-state index contributed by atoms with van der Waals surface area (Å²) < 4.78 is 0. The highest BCUT2D eigenvalue weighted by Crippen LogP contribution is 2.27. The molecule has 2 rings (SSSR count). The number of halogens is 2. The van der Waals surface area contributed by atoms with Crippen LogP contribution in [0.2, 0.25) is 10.0 Å². The summed E-state index contributed by atoms with van der Waals surface area (Å²) in [4.78, 5) is 0. The van der Waals surface area contributed by atoms with Gasteiger partial charge in [0.05, 0.1) is 10.7 Å². The van der Waals surface area contributed by atoms with Gasteiger partial charge >= 0.3 is 0 Å². The van der Waals surface area contributed by atoms with Gasteiger partial charge < -0.3 is 5.73 Å². The first-order valence-electron chi connectivity index (χ1n) is 4.48. The summed E-state index contributed by atoms with van der Waals surface area (Å²) in [5.74, 6) is 0. The molecule has 0 atom stereocenters. The van der Waals surface area contributed by atoms with E-state index in [1.807, 2.05) is 36.4 Å². The number of nitrogens with two attached hydrogens (primary N) is 1. The summed E-state index contributed by atoms with van der Waals surface area (Å²) >= 11 is 11.8. The van der Waals surface area contributed by atoms with Gasteiger partial charge in [0.2, 0.25) is 0 Å². The number of nitrogen functional groups attached to an aromatic ring is 1. The molecule has 0 radical (unpaired) electrons. The van der Waals surface area contributed by atoms with Gasteiger partial charge in [-0.2, -0.15) is 0 Å². The largest absolute Gasteiger partial charge is 0.398 e. The lowest BCUT2D eigenvalue weighted by atomic mass is 10.1. The highest BCUT2D eigenvalue weighted by molar-refractivity contribution is 6.33. The molecule has 0 aromatic heterocycles. The molecule has 0 aliphatic rings. The zero-order chi connectivity index (χ0) is 10.8. The van der Waals surface area contributed by atoms with E-state index >= 15 is 0 Å². The van der Waals surface area contributed by atoms with Crippen LogP contribution in [-0.4, -0.2) is 0 Å². The third-order valence-corrected chi connectivity index (χ3v) is 2.73. The zero-order valence-corrected chi connectivity index (χ0v) is 9.39. The van der Waals surface area contributed by atoms with Gasteiger partial charge in [-0.3, -0.25) is 0 Å². The minimum Gasteiger partial charge on any atom is -0.398 e. The Labute approximate surface area is 98.4 Å². The predicted octanol–water partition coefficient (Wildman–Crippen LogP) is 4.24. The van der Waals surface area contributed by atoms with Crippen LogP contribution in [0.25, 0.3) is 11.1 Å². The lowest BCUT2D eigenvalue weighted by molar-refractivity contribution is 1.61. The standard InChI is InChI=1S/C12H9Cl2N/c13-10-3-1-2-8(6-10)9-4-5-11(14)12(15)7-9/h1-7H,15H2. The predicted molar refractivity (Wildman–Crippen MR) is 66.3 cm³/mol. The minimum atomic E-state index is 0.570. The molecule has 2 N–H and O–H groups in total. The monoisotopic (exact) mass is 237 g/mol. The number of anilines is 1. The zero-order valence-electron chi connectivity index (χ0n) is 7.87. The molecule has 0 aliphatic heterocycles. The molecule has 0 heterocycles. The Morgan fingerprint density at radius 1 is 0.867 bits per heavy atom. The van der Waals surface area contributed by atoms with Gasteiger partial charge in [0, 0.05) is 5.02 Å². The van der Waals surface area contributed by atoms with Crippen LogP contribution < -0.4 is 5.73 Å². The van der Waals surface area contributed by atoms with Crippen molar-refractivity contribution in [3.05, 3.63) is 52.5 Å². The van der Waals surface area contributed by atoms with Crippen LogP contribution in [0.4, 0.5) is 5.69 Å². The Bertz CT molecular complexity index is 495. The molecule has 15 heavy (non-hydrogen) atoms. The molecule has 1 nitrogen and oxygen atoms in total. The molecule has 0 amide bonds. The maximum atomic E-state index is 5.91. The summed E-state index contributed by atoms with van der Waals surface area (Å²) in [6, 6.07) is 13.2. The summed E-state index contributed by atoms with van der Waals surface area (Å²) in [6.07, 6.45) is 0. The Morgan fingerprint density at radius 2 is 1.60 bits per heavy atom. The van der Waals surface area contributed by atoms with E-state index in [0.717, 1.165) is 11.1 Å². The number of hydrogen-bond donors (Lipinski definition) is 1. The van der Waals surface area contributed by atoms with Crippen molar-refractivity contribution < 1.29 is 0 Å². The summed E-state index contributed by atoms with van der Waals surface area (Å²) in [6.45, 7) is 0. The van der Waals surface area contributed by atoms with E-state index in [-0.39, 0.29) is 0 Å². The van der Waals surface area contributed by atoms with E-state index in [1.54, 1.807) is 6.07 Å². The van der Waals surface area contributed by atoms with Gasteiger partial charge in [-0.05, 0) is 35.4 Å². The third-order valence-electron chi connectivity index (χ3n) is 2.15. The normalized spacial score (nSPS) is 10.3. The fraction of sp³-hybridized carbons (Fsp3) is 0. The first-order chi connectivity index (χ1) is 7.16. The van der Waals surface area contributed by atoms with Crippen molar-refractivity contribution in [1.29, 1.82) is 0 Å². The second-order valence-electron chi connectivity index (χ2n) is 3.25. The van der Waals surface area contributed by atoms with Crippen molar-refractivity contribution in [1.82, 2.24) is 0 Å². The van der Waals surface area contributed by atoms with Crippen molar-refractivity contribution in [2.45, 2.75) is 0 Å². The van der Waals surface area contributed by atoms with Crippen molar-refractivity contribution >= 4 is 28.9 Å². The molecule has 0 aliphatic carbocycles. The highest BCUT2D eigenvalue weighted by Gasteiger charge is 2.01. The van der Waals surface area contributed by atoms with Crippen LogP contribution in [0.1, 0.15) is 0 Å². The maximum Gasteiger partial charge on any atom is 0.0635 e. The van der Waals surface area contributed by atoms with Crippen LogP contribution in [0.15, 0.2) is 42.5 Å². The molecule has 0 unspecified atom stereocenters. The van der Waals surface area contributed by atoms with Crippen LogP contribution in [0, 0.1) is 0 Å². The number of rotatable bonds is 1. The van der Waals surface area contributed by atoms with Crippen LogP contribution in [-0.2, 0) is 0 Å². The van der Waals surface area contributed by atoms with E-state index < -0.39 is 0 Å². The fourth-order valence-corrected chi connectivity index (χ4v) is 1.70.